The van der Waals surface area contributed by atoms with Crippen molar-refractivity contribution in [3.63, 3.8) is 0 Å². The molecule has 2 unspecified atom stereocenters. The number of halogens is 1. The second-order valence-corrected chi connectivity index (χ2v) is 8.93. The molecule has 0 spiro atoms. The van der Waals surface area contributed by atoms with E-state index in [0.29, 0.717) is 4.90 Å². The molecule has 1 aliphatic carbocycles. The van der Waals surface area contributed by atoms with Gasteiger partial charge in [0.15, 0.2) is 9.84 Å². The number of benzene rings is 2. The summed E-state index contributed by atoms with van der Waals surface area (Å²) in [5.74, 6) is -0.171. The summed E-state index contributed by atoms with van der Waals surface area (Å²) >= 11 is 3.40. The lowest BCUT2D eigenvalue weighted by molar-refractivity contribution is 0.510. The average molecular weight is 395 g/mol. The van der Waals surface area contributed by atoms with Crippen LogP contribution in [0.15, 0.2) is 64.0 Å². The van der Waals surface area contributed by atoms with Crippen molar-refractivity contribution in [2.24, 2.45) is 16.9 Å². The summed E-state index contributed by atoms with van der Waals surface area (Å²) in [6, 6.07) is 16.2. The molecule has 1 saturated carbocycles. The number of sulfone groups is 1. The average Bonchev–Trinajstić information content (AvgIpc) is 3.27. The Labute approximate surface area is 144 Å². The van der Waals surface area contributed by atoms with E-state index in [4.69, 9.17) is 11.5 Å². The summed E-state index contributed by atoms with van der Waals surface area (Å²) < 4.78 is 27.1. The van der Waals surface area contributed by atoms with Crippen molar-refractivity contribution in [3.8, 4) is 0 Å². The van der Waals surface area contributed by atoms with Crippen molar-refractivity contribution in [1.82, 2.24) is 0 Å². The fraction of sp³-hybridized carbons (Fsp3) is 0.294. The quantitative estimate of drug-likeness (QED) is 0.814. The molecule has 1 fully saturated rings. The van der Waals surface area contributed by atoms with Crippen LogP contribution in [0, 0.1) is 5.41 Å². The van der Waals surface area contributed by atoms with Crippen molar-refractivity contribution >= 4 is 25.8 Å². The standard InChI is InChI=1S/C17H19BrN2O2S/c18-13-8-6-12(7-9-13)15-16(17(15,10-19)11-20)23(21,22)14-4-2-1-3-5-14/h1-9,15-16H,10-11,19-20H2. The predicted molar refractivity (Wildman–Crippen MR) is 94.8 cm³/mol. The minimum Gasteiger partial charge on any atom is -0.330 e. The zero-order valence-electron chi connectivity index (χ0n) is 12.5. The number of rotatable bonds is 5. The van der Waals surface area contributed by atoms with Crippen LogP contribution in [0.3, 0.4) is 0 Å². The van der Waals surface area contributed by atoms with Gasteiger partial charge in [-0.2, -0.15) is 0 Å². The lowest BCUT2D eigenvalue weighted by Gasteiger charge is -2.13. The SMILES string of the molecule is NCC1(CN)C(c2ccc(Br)cc2)C1S(=O)(=O)c1ccccc1. The van der Waals surface area contributed by atoms with Gasteiger partial charge in [-0.05, 0) is 29.8 Å². The molecule has 0 aromatic heterocycles. The van der Waals surface area contributed by atoms with Gasteiger partial charge in [0.25, 0.3) is 0 Å². The molecular weight excluding hydrogens is 376 g/mol. The van der Waals surface area contributed by atoms with Crippen LogP contribution in [0.1, 0.15) is 11.5 Å². The molecule has 0 radical (unpaired) electrons. The Hall–Kier alpha value is -1.21. The Morgan fingerprint density at radius 3 is 2.04 bits per heavy atom. The molecule has 2 aromatic carbocycles. The molecule has 0 heterocycles. The maximum Gasteiger partial charge on any atom is 0.182 e. The summed E-state index contributed by atoms with van der Waals surface area (Å²) in [6.07, 6.45) is 0. The summed E-state index contributed by atoms with van der Waals surface area (Å²) in [6.45, 7) is 0.502. The first-order valence-electron chi connectivity index (χ1n) is 7.42. The van der Waals surface area contributed by atoms with E-state index in [1.807, 2.05) is 24.3 Å². The predicted octanol–water partition coefficient (Wildman–Crippen LogP) is 2.29. The van der Waals surface area contributed by atoms with Crippen molar-refractivity contribution in [2.45, 2.75) is 16.1 Å². The van der Waals surface area contributed by atoms with Gasteiger partial charge in [0, 0.05) is 28.9 Å². The van der Waals surface area contributed by atoms with E-state index in [2.05, 4.69) is 15.9 Å². The molecule has 1 aliphatic rings. The third-order valence-corrected chi connectivity index (χ3v) is 7.64. The van der Waals surface area contributed by atoms with E-state index < -0.39 is 20.5 Å². The highest BCUT2D eigenvalue weighted by Crippen LogP contribution is 2.62. The minimum atomic E-state index is -3.48. The third-order valence-electron chi connectivity index (χ3n) is 4.77. The van der Waals surface area contributed by atoms with E-state index in [0.717, 1.165) is 10.0 Å². The van der Waals surface area contributed by atoms with Crippen molar-refractivity contribution in [1.29, 1.82) is 0 Å². The normalized spacial score (nSPS) is 22.7. The van der Waals surface area contributed by atoms with E-state index in [-0.39, 0.29) is 19.0 Å². The summed E-state index contributed by atoms with van der Waals surface area (Å²) in [4.78, 5) is 0.330. The maximum absolute atomic E-state index is 13.1. The first-order valence-corrected chi connectivity index (χ1v) is 9.76. The van der Waals surface area contributed by atoms with Gasteiger partial charge in [-0.3, -0.25) is 0 Å². The van der Waals surface area contributed by atoms with Crippen LogP contribution in [-0.2, 0) is 9.84 Å². The third kappa shape index (κ3) is 2.63. The molecule has 2 aromatic rings. The topological polar surface area (TPSA) is 86.2 Å². The van der Waals surface area contributed by atoms with Crippen LogP contribution in [0.25, 0.3) is 0 Å². The summed E-state index contributed by atoms with van der Waals surface area (Å²) in [5, 5.41) is -0.575. The Balaban J connectivity index is 2.05. The molecule has 0 amide bonds. The van der Waals surface area contributed by atoms with Gasteiger partial charge in [0.1, 0.15) is 0 Å². The maximum atomic E-state index is 13.1. The molecule has 2 atom stereocenters. The van der Waals surface area contributed by atoms with Crippen LogP contribution in [-0.4, -0.2) is 26.8 Å². The lowest BCUT2D eigenvalue weighted by atomic mass is 9.99. The van der Waals surface area contributed by atoms with Crippen LogP contribution in [0.5, 0.6) is 0 Å². The van der Waals surface area contributed by atoms with Gasteiger partial charge in [0.2, 0.25) is 0 Å². The summed E-state index contributed by atoms with van der Waals surface area (Å²) in [7, 11) is -3.48. The molecule has 4 nitrogen and oxygen atoms in total. The molecular formula is C17H19BrN2O2S. The zero-order chi connectivity index (χ0) is 16.7. The van der Waals surface area contributed by atoms with Crippen molar-refractivity contribution in [2.75, 3.05) is 13.1 Å². The highest BCUT2D eigenvalue weighted by atomic mass is 79.9. The second kappa shape index (κ2) is 6.02. The van der Waals surface area contributed by atoms with Crippen LogP contribution < -0.4 is 11.5 Å². The Bertz CT molecular complexity index is 787. The lowest BCUT2D eigenvalue weighted by Crippen LogP contribution is -2.31. The largest absolute Gasteiger partial charge is 0.330 e. The zero-order valence-corrected chi connectivity index (χ0v) is 14.9. The van der Waals surface area contributed by atoms with Crippen LogP contribution in [0.4, 0.5) is 0 Å². The second-order valence-electron chi connectivity index (χ2n) is 5.95. The summed E-state index contributed by atoms with van der Waals surface area (Å²) in [5.41, 5.74) is 12.3. The first kappa shape index (κ1) is 16.6. The van der Waals surface area contributed by atoms with Gasteiger partial charge >= 0.3 is 0 Å². The Kier molecular flexibility index (Phi) is 4.35. The molecule has 4 N–H and O–H groups in total. The van der Waals surface area contributed by atoms with Crippen LogP contribution >= 0.6 is 15.9 Å². The van der Waals surface area contributed by atoms with Gasteiger partial charge in [-0.25, -0.2) is 8.42 Å². The number of nitrogens with two attached hydrogens (primary N) is 2. The molecule has 0 saturated heterocycles. The molecule has 0 aliphatic heterocycles. The molecule has 6 heteroatoms. The monoisotopic (exact) mass is 394 g/mol. The van der Waals surface area contributed by atoms with Crippen molar-refractivity contribution < 1.29 is 8.42 Å². The molecule has 0 bridgehead atoms. The van der Waals surface area contributed by atoms with E-state index in [9.17, 15) is 8.42 Å². The van der Waals surface area contributed by atoms with E-state index >= 15 is 0 Å². The fourth-order valence-electron chi connectivity index (χ4n) is 3.44. The van der Waals surface area contributed by atoms with Gasteiger partial charge in [-0.15, -0.1) is 0 Å². The van der Waals surface area contributed by atoms with Crippen LogP contribution in [0.2, 0.25) is 0 Å². The van der Waals surface area contributed by atoms with Crippen molar-refractivity contribution in [3.05, 3.63) is 64.6 Å². The molecule has 23 heavy (non-hydrogen) atoms. The Morgan fingerprint density at radius 2 is 1.52 bits per heavy atom. The van der Waals surface area contributed by atoms with E-state index in [1.165, 1.54) is 0 Å². The van der Waals surface area contributed by atoms with Gasteiger partial charge < -0.3 is 11.5 Å². The highest BCUT2D eigenvalue weighted by molar-refractivity contribution is 9.10. The van der Waals surface area contributed by atoms with Gasteiger partial charge in [-0.1, -0.05) is 46.3 Å². The van der Waals surface area contributed by atoms with E-state index in [1.54, 1.807) is 30.3 Å². The number of hydrogen-bond acceptors (Lipinski definition) is 4. The molecule has 122 valence electrons. The minimum absolute atomic E-state index is 0.171. The first-order chi connectivity index (χ1) is 11.0. The number of hydrogen-bond donors (Lipinski definition) is 2. The fourth-order valence-corrected chi connectivity index (χ4v) is 6.20. The smallest absolute Gasteiger partial charge is 0.182 e. The molecule has 3 rings (SSSR count). The van der Waals surface area contributed by atoms with Gasteiger partial charge in [0.05, 0.1) is 10.1 Å². The Morgan fingerprint density at radius 1 is 0.957 bits per heavy atom. The highest BCUT2D eigenvalue weighted by Gasteiger charge is 2.69.